The molecule has 0 saturated carbocycles. The van der Waals surface area contributed by atoms with Crippen molar-refractivity contribution in [1.29, 1.82) is 0 Å². The molecule has 0 amide bonds. The van der Waals surface area contributed by atoms with Crippen LogP contribution in [0.1, 0.15) is 16.7 Å². The summed E-state index contributed by atoms with van der Waals surface area (Å²) in [6.07, 6.45) is 0. The van der Waals surface area contributed by atoms with E-state index in [0.717, 1.165) is 0 Å². The Balaban J connectivity index is 0.000000219. The SMILES string of the molecule is Cc1cccc(C)c1.O=C(O)C1=Nc2ccc(Cl)cc2C1=S(=O)=O. The number of hydrogen-bond acceptors (Lipinski definition) is 4. The minimum atomic E-state index is -2.66. The highest BCUT2D eigenvalue weighted by Crippen LogP contribution is 2.29. The van der Waals surface area contributed by atoms with Gasteiger partial charge in [-0.15, -0.1) is 0 Å². The molecule has 1 aliphatic heterocycles. The predicted molar refractivity (Wildman–Crippen MR) is 95.1 cm³/mol. The van der Waals surface area contributed by atoms with Crippen molar-refractivity contribution >= 4 is 44.1 Å². The largest absolute Gasteiger partial charge is 0.476 e. The summed E-state index contributed by atoms with van der Waals surface area (Å²) in [6, 6.07) is 12.8. The van der Waals surface area contributed by atoms with Gasteiger partial charge in [0, 0.05) is 10.6 Å². The van der Waals surface area contributed by atoms with Crippen LogP contribution < -0.4 is 0 Å². The number of rotatable bonds is 1. The van der Waals surface area contributed by atoms with Crippen molar-refractivity contribution in [1.82, 2.24) is 0 Å². The average molecular weight is 364 g/mol. The second-order valence-corrected chi connectivity index (χ2v) is 6.46. The number of nitrogens with zero attached hydrogens (tertiary/aromatic N) is 1. The van der Waals surface area contributed by atoms with Crippen LogP contribution in [-0.2, 0) is 15.1 Å². The quantitative estimate of drug-likeness (QED) is 0.788. The highest BCUT2D eigenvalue weighted by atomic mass is 35.5. The van der Waals surface area contributed by atoms with Crippen molar-refractivity contribution in [2.24, 2.45) is 4.99 Å². The Morgan fingerprint density at radius 2 is 1.71 bits per heavy atom. The van der Waals surface area contributed by atoms with Crippen molar-refractivity contribution in [2.45, 2.75) is 13.8 Å². The normalized spacial score (nSPS) is 12.0. The van der Waals surface area contributed by atoms with E-state index < -0.39 is 22.0 Å². The zero-order chi connectivity index (χ0) is 17.9. The third-order valence-corrected chi connectivity index (χ3v) is 4.18. The second-order valence-electron chi connectivity index (χ2n) is 5.15. The highest BCUT2D eigenvalue weighted by molar-refractivity contribution is 7.75. The fraction of sp³-hybridized carbons (Fsp3) is 0.118. The van der Waals surface area contributed by atoms with E-state index in [1.807, 2.05) is 0 Å². The molecular weight excluding hydrogens is 350 g/mol. The summed E-state index contributed by atoms with van der Waals surface area (Å²) in [5, 5.41) is 9.14. The van der Waals surface area contributed by atoms with E-state index in [2.05, 4.69) is 43.1 Å². The van der Waals surface area contributed by atoms with Gasteiger partial charge in [0.25, 0.3) is 0 Å². The maximum atomic E-state index is 11.0. The zero-order valence-corrected chi connectivity index (χ0v) is 14.5. The first kappa shape index (κ1) is 17.9. The molecule has 0 atom stereocenters. The number of carboxylic acid groups (broad SMARTS) is 1. The Bertz CT molecular complexity index is 953. The number of aliphatic carboxylic acids is 1. The smallest absolute Gasteiger partial charge is 0.356 e. The number of hydrogen-bond donors (Lipinski definition) is 1. The van der Waals surface area contributed by atoms with Crippen molar-refractivity contribution < 1.29 is 18.3 Å². The van der Waals surface area contributed by atoms with Gasteiger partial charge < -0.3 is 5.11 Å². The van der Waals surface area contributed by atoms with Crippen molar-refractivity contribution in [3.05, 3.63) is 64.2 Å². The lowest BCUT2D eigenvalue weighted by molar-refractivity contribution is -0.129. The molecule has 0 radical (unpaired) electrons. The van der Waals surface area contributed by atoms with E-state index in [0.29, 0.717) is 10.7 Å². The zero-order valence-electron chi connectivity index (χ0n) is 12.9. The van der Waals surface area contributed by atoms with Crippen LogP contribution in [0.25, 0.3) is 0 Å². The summed E-state index contributed by atoms with van der Waals surface area (Å²) in [7, 11) is -2.66. The molecule has 1 aliphatic rings. The van der Waals surface area contributed by atoms with E-state index in [1.165, 1.54) is 29.3 Å². The lowest BCUT2D eigenvalue weighted by Gasteiger charge is -1.96. The van der Waals surface area contributed by atoms with Crippen LogP contribution in [0.4, 0.5) is 5.69 Å². The molecule has 0 aliphatic carbocycles. The fourth-order valence-electron chi connectivity index (χ4n) is 2.21. The van der Waals surface area contributed by atoms with Gasteiger partial charge in [-0.2, -0.15) is 8.42 Å². The van der Waals surface area contributed by atoms with Crippen molar-refractivity contribution in [2.75, 3.05) is 0 Å². The minimum absolute atomic E-state index is 0.221. The molecule has 124 valence electrons. The summed E-state index contributed by atoms with van der Waals surface area (Å²) in [5.41, 5.74) is 2.71. The predicted octanol–water partition coefficient (Wildman–Crippen LogP) is 3.21. The van der Waals surface area contributed by atoms with E-state index in [9.17, 15) is 13.2 Å². The van der Waals surface area contributed by atoms with Crippen LogP contribution in [0.5, 0.6) is 0 Å². The molecule has 2 aromatic rings. The molecule has 1 N–H and O–H groups in total. The topological polar surface area (TPSA) is 83.8 Å². The summed E-state index contributed by atoms with van der Waals surface area (Å²) in [4.78, 5) is 14.2. The van der Waals surface area contributed by atoms with E-state index >= 15 is 0 Å². The lowest BCUT2D eigenvalue weighted by Crippen LogP contribution is -2.21. The Morgan fingerprint density at radius 3 is 2.17 bits per heavy atom. The number of carboxylic acids is 1. The Hall–Kier alpha value is -2.44. The molecule has 2 aromatic carbocycles. The molecule has 0 bridgehead atoms. The molecular formula is C17H14ClNO4S. The number of carbonyl (C=O) groups is 1. The summed E-state index contributed by atoms with van der Waals surface area (Å²) in [5.74, 6) is -1.38. The Morgan fingerprint density at radius 1 is 1.08 bits per heavy atom. The number of aryl methyl sites for hydroxylation is 2. The summed E-state index contributed by atoms with van der Waals surface area (Å²) in [6.45, 7) is 4.21. The van der Waals surface area contributed by atoms with Gasteiger partial charge in [-0.3, -0.25) is 0 Å². The first-order valence-corrected chi connectivity index (χ1v) is 8.36. The van der Waals surface area contributed by atoms with Gasteiger partial charge in [0.1, 0.15) is 4.86 Å². The second kappa shape index (κ2) is 7.42. The molecule has 3 rings (SSSR count). The molecule has 5 nitrogen and oxygen atoms in total. The first-order valence-electron chi connectivity index (χ1n) is 6.91. The van der Waals surface area contributed by atoms with Crippen molar-refractivity contribution in [3.8, 4) is 0 Å². The molecule has 1 heterocycles. The van der Waals surface area contributed by atoms with Crippen LogP contribution in [0, 0.1) is 13.8 Å². The molecule has 0 spiro atoms. The van der Waals surface area contributed by atoms with Crippen LogP contribution in [0.15, 0.2) is 47.5 Å². The monoisotopic (exact) mass is 363 g/mol. The molecule has 0 fully saturated rings. The summed E-state index contributed by atoms with van der Waals surface area (Å²) < 4.78 is 21.9. The van der Waals surface area contributed by atoms with Crippen molar-refractivity contribution in [3.63, 3.8) is 0 Å². The number of fused-ring (bicyclic) bond motifs is 1. The minimum Gasteiger partial charge on any atom is -0.476 e. The van der Waals surface area contributed by atoms with Gasteiger partial charge in [0.2, 0.25) is 10.3 Å². The van der Waals surface area contributed by atoms with Gasteiger partial charge in [0.05, 0.1) is 5.69 Å². The van der Waals surface area contributed by atoms with Crippen LogP contribution in [0.3, 0.4) is 0 Å². The third-order valence-electron chi connectivity index (χ3n) is 3.19. The first-order chi connectivity index (χ1) is 11.3. The van der Waals surface area contributed by atoms with Gasteiger partial charge in [-0.25, -0.2) is 9.79 Å². The molecule has 24 heavy (non-hydrogen) atoms. The van der Waals surface area contributed by atoms with Gasteiger partial charge in [-0.05, 0) is 32.0 Å². The Kier molecular flexibility index (Phi) is 5.54. The molecule has 0 saturated heterocycles. The molecule has 0 aromatic heterocycles. The van der Waals surface area contributed by atoms with E-state index in [4.69, 9.17) is 16.7 Å². The van der Waals surface area contributed by atoms with Gasteiger partial charge >= 0.3 is 5.97 Å². The number of benzene rings is 2. The lowest BCUT2D eigenvalue weighted by atomic mass is 10.1. The highest BCUT2D eigenvalue weighted by Gasteiger charge is 2.29. The number of halogens is 1. The van der Waals surface area contributed by atoms with E-state index in [-0.39, 0.29) is 10.4 Å². The average Bonchev–Trinajstić information content (AvgIpc) is 2.86. The maximum Gasteiger partial charge on any atom is 0.356 e. The van der Waals surface area contributed by atoms with Gasteiger partial charge in [0.15, 0.2) is 5.71 Å². The molecule has 0 unspecified atom stereocenters. The third kappa shape index (κ3) is 4.10. The number of aliphatic imine (C=N–C) groups is 1. The van der Waals surface area contributed by atoms with Gasteiger partial charge in [-0.1, -0.05) is 47.0 Å². The maximum absolute atomic E-state index is 11.0. The fourth-order valence-corrected chi connectivity index (χ4v) is 3.01. The van der Waals surface area contributed by atoms with E-state index in [1.54, 1.807) is 0 Å². The van der Waals surface area contributed by atoms with Crippen LogP contribution in [0.2, 0.25) is 5.02 Å². The molecule has 7 heteroatoms. The summed E-state index contributed by atoms with van der Waals surface area (Å²) >= 11 is 5.71. The Labute approximate surface area is 145 Å². The van der Waals surface area contributed by atoms with Crippen LogP contribution >= 0.6 is 11.6 Å². The standard InChI is InChI=1S/C9H4ClNO4S.C8H10/c10-4-1-2-6-5(3-4)8(16(14)15)7(11-6)9(12)13;1-7-4-3-5-8(2)6-7/h1-3H,(H,12,13);3-6H,1-2H3. The van der Waals surface area contributed by atoms with Crippen LogP contribution in [-0.4, -0.2) is 30.1 Å².